The molecule has 1 amide bonds. The molecule has 0 fully saturated rings. The van der Waals surface area contributed by atoms with Crippen LogP contribution < -0.4 is 21.1 Å². The van der Waals surface area contributed by atoms with E-state index in [4.69, 9.17) is 12.2 Å². The molecule has 0 aromatic heterocycles. The summed E-state index contributed by atoms with van der Waals surface area (Å²) in [6.07, 6.45) is 3.09. The Balaban J connectivity index is 1.49. The largest absolute Gasteiger partial charge is 0.362 e. The second-order valence-corrected chi connectivity index (χ2v) is 6.74. The zero-order valence-electron chi connectivity index (χ0n) is 14.9. The van der Waals surface area contributed by atoms with Crippen LogP contribution in [0.3, 0.4) is 0 Å². The van der Waals surface area contributed by atoms with E-state index in [9.17, 15) is 4.79 Å². The lowest BCUT2D eigenvalue weighted by atomic mass is 10.0. The topological polar surface area (TPSA) is 56.4 Å². The molecule has 0 atom stereocenters. The summed E-state index contributed by atoms with van der Waals surface area (Å²) in [5, 5.41) is 3.45. The summed E-state index contributed by atoms with van der Waals surface area (Å²) < 4.78 is 0. The highest BCUT2D eigenvalue weighted by molar-refractivity contribution is 7.80. The van der Waals surface area contributed by atoms with Crippen LogP contribution in [-0.4, -0.2) is 24.1 Å². The summed E-state index contributed by atoms with van der Waals surface area (Å²) in [4.78, 5) is 14.4. The highest BCUT2D eigenvalue weighted by Crippen LogP contribution is 2.26. The number of amides is 1. The standard InChI is InChI=1S/C20H24N4OS/c1-2-15-7-5-10-17(13-15)21-20(26)23-22-19(25)14-24-12-6-9-16-8-3-4-11-18(16)24/h3-5,7-8,10-11,13H,2,6,9,12,14H2,1H3,(H,22,25)(H2,21,23,26). The highest BCUT2D eigenvalue weighted by Gasteiger charge is 2.18. The SMILES string of the molecule is CCc1cccc(NC(=S)NNC(=O)CN2CCCc3ccccc32)c1. The second-order valence-electron chi connectivity index (χ2n) is 6.34. The van der Waals surface area contributed by atoms with Crippen molar-refractivity contribution in [3.8, 4) is 0 Å². The Bertz CT molecular complexity index is 793. The summed E-state index contributed by atoms with van der Waals surface area (Å²) in [6, 6.07) is 16.3. The van der Waals surface area contributed by atoms with E-state index < -0.39 is 0 Å². The number of hydrogen-bond donors (Lipinski definition) is 3. The number of benzene rings is 2. The van der Waals surface area contributed by atoms with Crippen LogP contribution in [0.1, 0.15) is 24.5 Å². The number of fused-ring (bicyclic) bond motifs is 1. The van der Waals surface area contributed by atoms with E-state index in [2.05, 4.69) is 46.2 Å². The van der Waals surface area contributed by atoms with Gasteiger partial charge in [-0.1, -0.05) is 37.3 Å². The zero-order valence-corrected chi connectivity index (χ0v) is 15.7. The predicted octanol–water partition coefficient (Wildman–Crippen LogP) is 3.02. The molecular formula is C20H24N4OS. The van der Waals surface area contributed by atoms with Gasteiger partial charge in [0, 0.05) is 17.9 Å². The first kappa shape index (κ1) is 18.2. The number of nitrogens with one attached hydrogen (secondary N) is 3. The van der Waals surface area contributed by atoms with Gasteiger partial charge in [0.05, 0.1) is 6.54 Å². The number of thiocarbonyl (C=S) groups is 1. The molecule has 0 bridgehead atoms. The van der Waals surface area contributed by atoms with E-state index >= 15 is 0 Å². The fraction of sp³-hybridized carbons (Fsp3) is 0.300. The van der Waals surface area contributed by atoms with Crippen molar-refractivity contribution in [3.63, 3.8) is 0 Å². The van der Waals surface area contributed by atoms with Gasteiger partial charge in [-0.3, -0.25) is 15.6 Å². The zero-order chi connectivity index (χ0) is 18.4. The maximum absolute atomic E-state index is 12.3. The minimum absolute atomic E-state index is 0.117. The van der Waals surface area contributed by atoms with Gasteiger partial charge in [0.25, 0.3) is 5.91 Å². The van der Waals surface area contributed by atoms with Crippen molar-refractivity contribution in [2.45, 2.75) is 26.2 Å². The van der Waals surface area contributed by atoms with E-state index in [1.807, 2.05) is 30.3 Å². The minimum atomic E-state index is -0.117. The average Bonchev–Trinajstić information content (AvgIpc) is 2.67. The molecule has 136 valence electrons. The van der Waals surface area contributed by atoms with E-state index in [0.29, 0.717) is 11.7 Å². The Morgan fingerprint density at radius 2 is 2.00 bits per heavy atom. The number of rotatable bonds is 4. The van der Waals surface area contributed by atoms with Crippen molar-refractivity contribution < 1.29 is 4.79 Å². The molecule has 3 rings (SSSR count). The smallest absolute Gasteiger partial charge is 0.257 e. The maximum Gasteiger partial charge on any atom is 0.257 e. The fourth-order valence-electron chi connectivity index (χ4n) is 3.15. The molecule has 0 unspecified atom stereocenters. The summed E-state index contributed by atoms with van der Waals surface area (Å²) >= 11 is 5.25. The summed E-state index contributed by atoms with van der Waals surface area (Å²) in [5.74, 6) is -0.117. The van der Waals surface area contributed by atoms with Crippen LogP contribution in [0.5, 0.6) is 0 Å². The molecule has 5 nitrogen and oxygen atoms in total. The van der Waals surface area contributed by atoms with Crippen LogP contribution in [-0.2, 0) is 17.6 Å². The molecule has 0 aliphatic carbocycles. The fourth-order valence-corrected chi connectivity index (χ4v) is 3.32. The van der Waals surface area contributed by atoms with Crippen LogP contribution in [0.2, 0.25) is 0 Å². The Labute approximate surface area is 159 Å². The normalized spacial score (nSPS) is 12.9. The van der Waals surface area contributed by atoms with Crippen molar-refractivity contribution in [1.29, 1.82) is 0 Å². The predicted molar refractivity (Wildman–Crippen MR) is 110 cm³/mol. The van der Waals surface area contributed by atoms with Gasteiger partial charge in [-0.2, -0.15) is 0 Å². The lowest BCUT2D eigenvalue weighted by molar-refractivity contribution is -0.120. The number of carbonyl (C=O) groups excluding carboxylic acids is 1. The molecule has 1 aliphatic rings. The number of hydrogen-bond acceptors (Lipinski definition) is 3. The number of aryl methyl sites for hydroxylation is 2. The number of para-hydroxylation sites is 1. The first-order valence-electron chi connectivity index (χ1n) is 8.93. The summed E-state index contributed by atoms with van der Waals surface area (Å²) in [7, 11) is 0. The van der Waals surface area contributed by atoms with Crippen LogP contribution >= 0.6 is 12.2 Å². The molecule has 0 spiro atoms. The Hall–Kier alpha value is -2.60. The van der Waals surface area contributed by atoms with Crippen LogP contribution in [0.15, 0.2) is 48.5 Å². The molecule has 6 heteroatoms. The molecule has 0 saturated heterocycles. The van der Waals surface area contributed by atoms with Crippen molar-refractivity contribution >= 4 is 34.6 Å². The van der Waals surface area contributed by atoms with Crippen LogP contribution in [0, 0.1) is 0 Å². The monoisotopic (exact) mass is 368 g/mol. The molecule has 1 aliphatic heterocycles. The quantitative estimate of drug-likeness (QED) is 0.572. The van der Waals surface area contributed by atoms with E-state index in [1.165, 1.54) is 11.1 Å². The third-order valence-electron chi connectivity index (χ3n) is 4.45. The summed E-state index contributed by atoms with van der Waals surface area (Å²) in [6.45, 7) is 3.30. The number of nitrogens with zero attached hydrogens (tertiary/aromatic N) is 1. The van der Waals surface area contributed by atoms with Crippen LogP contribution in [0.25, 0.3) is 0 Å². The third-order valence-corrected chi connectivity index (χ3v) is 4.65. The Morgan fingerprint density at radius 3 is 2.85 bits per heavy atom. The molecule has 26 heavy (non-hydrogen) atoms. The van der Waals surface area contributed by atoms with Gasteiger partial charge >= 0.3 is 0 Å². The van der Waals surface area contributed by atoms with E-state index in [1.54, 1.807) is 0 Å². The average molecular weight is 369 g/mol. The van der Waals surface area contributed by atoms with Crippen molar-refractivity contribution in [1.82, 2.24) is 10.9 Å². The third kappa shape index (κ3) is 4.73. The molecule has 3 N–H and O–H groups in total. The van der Waals surface area contributed by atoms with Gasteiger partial charge in [-0.05, 0) is 60.8 Å². The van der Waals surface area contributed by atoms with Gasteiger partial charge in [-0.25, -0.2) is 0 Å². The lowest BCUT2D eigenvalue weighted by Crippen LogP contribution is -2.48. The van der Waals surface area contributed by atoms with Gasteiger partial charge in [0.1, 0.15) is 0 Å². The van der Waals surface area contributed by atoms with E-state index in [0.717, 1.165) is 37.2 Å². The minimum Gasteiger partial charge on any atom is -0.362 e. The lowest BCUT2D eigenvalue weighted by Gasteiger charge is -2.30. The van der Waals surface area contributed by atoms with Gasteiger partial charge < -0.3 is 10.2 Å². The molecule has 1 heterocycles. The first-order chi connectivity index (χ1) is 12.7. The van der Waals surface area contributed by atoms with Gasteiger partial charge in [0.2, 0.25) is 0 Å². The Kier molecular flexibility index (Phi) is 6.07. The second kappa shape index (κ2) is 8.67. The van der Waals surface area contributed by atoms with Gasteiger partial charge in [-0.15, -0.1) is 0 Å². The van der Waals surface area contributed by atoms with E-state index in [-0.39, 0.29) is 5.91 Å². The van der Waals surface area contributed by atoms with Crippen molar-refractivity contribution in [2.24, 2.45) is 0 Å². The maximum atomic E-state index is 12.3. The van der Waals surface area contributed by atoms with Crippen molar-refractivity contribution in [2.75, 3.05) is 23.3 Å². The number of hydrazine groups is 1. The Morgan fingerprint density at radius 1 is 1.15 bits per heavy atom. The molecule has 2 aromatic carbocycles. The molecule has 2 aromatic rings. The molecule has 0 saturated carbocycles. The summed E-state index contributed by atoms with van der Waals surface area (Å²) in [5.41, 5.74) is 10.0. The number of anilines is 2. The van der Waals surface area contributed by atoms with Gasteiger partial charge in [0.15, 0.2) is 5.11 Å². The molecule has 0 radical (unpaired) electrons. The van der Waals surface area contributed by atoms with Crippen LogP contribution in [0.4, 0.5) is 11.4 Å². The molecular weight excluding hydrogens is 344 g/mol. The van der Waals surface area contributed by atoms with Crippen molar-refractivity contribution in [3.05, 3.63) is 59.7 Å². The first-order valence-corrected chi connectivity index (χ1v) is 9.34. The number of carbonyl (C=O) groups is 1. The highest BCUT2D eigenvalue weighted by atomic mass is 32.1.